The van der Waals surface area contributed by atoms with Crippen LogP contribution in [-0.2, 0) is 9.59 Å². The molecule has 0 aliphatic carbocycles. The minimum absolute atomic E-state index is 0.0653. The number of hydrogen-bond donors (Lipinski definition) is 1. The number of carbonyl (C=O) groups excluding carboxylic acids is 2. The molecule has 1 amide bonds. The lowest BCUT2D eigenvalue weighted by atomic mass is 9.94. The number of carbonyl (C=O) groups is 2. The van der Waals surface area contributed by atoms with E-state index in [1.54, 1.807) is 0 Å². The van der Waals surface area contributed by atoms with E-state index in [0.29, 0.717) is 5.56 Å². The number of benzene rings is 3. The summed E-state index contributed by atoms with van der Waals surface area (Å²) in [5, 5.41) is 11.5. The van der Waals surface area contributed by atoms with Gasteiger partial charge in [-0.15, -0.1) is 0 Å². The van der Waals surface area contributed by atoms with Gasteiger partial charge < -0.3 is 24.1 Å². The molecular formula is C27H22Cl2FNO7. The van der Waals surface area contributed by atoms with Crippen LogP contribution >= 0.6 is 23.2 Å². The maximum absolute atomic E-state index is 14.2. The molecule has 4 rings (SSSR count). The molecule has 3 aromatic carbocycles. The first kappa shape index (κ1) is 27.1. The van der Waals surface area contributed by atoms with Gasteiger partial charge in [0, 0.05) is 11.3 Å². The molecule has 198 valence electrons. The number of ether oxygens (including phenoxy) is 4. The van der Waals surface area contributed by atoms with Crippen LogP contribution in [0.4, 0.5) is 10.1 Å². The molecule has 1 aliphatic heterocycles. The summed E-state index contributed by atoms with van der Waals surface area (Å²) in [6.45, 7) is 0. The Kier molecular flexibility index (Phi) is 7.71. The van der Waals surface area contributed by atoms with Crippen LogP contribution < -0.4 is 23.8 Å². The number of amides is 1. The van der Waals surface area contributed by atoms with Crippen molar-refractivity contribution >= 4 is 46.3 Å². The largest absolute Gasteiger partial charge is 0.507 e. The summed E-state index contributed by atoms with van der Waals surface area (Å²) in [7, 11) is 5.62. The van der Waals surface area contributed by atoms with Gasteiger partial charge in [-0.2, -0.15) is 0 Å². The number of ketones is 1. The van der Waals surface area contributed by atoms with E-state index in [0.717, 1.165) is 11.0 Å². The molecule has 11 heteroatoms. The maximum atomic E-state index is 14.2. The average molecular weight is 562 g/mol. The van der Waals surface area contributed by atoms with E-state index < -0.39 is 29.3 Å². The Morgan fingerprint density at radius 3 is 1.95 bits per heavy atom. The van der Waals surface area contributed by atoms with Crippen molar-refractivity contribution in [2.45, 2.75) is 6.04 Å². The Balaban J connectivity index is 2.04. The number of aliphatic hydroxyl groups is 1. The van der Waals surface area contributed by atoms with Gasteiger partial charge in [0.1, 0.15) is 11.6 Å². The monoisotopic (exact) mass is 561 g/mol. The summed E-state index contributed by atoms with van der Waals surface area (Å²) >= 11 is 12.5. The van der Waals surface area contributed by atoms with Crippen LogP contribution in [0.5, 0.6) is 23.0 Å². The van der Waals surface area contributed by atoms with Gasteiger partial charge >= 0.3 is 0 Å². The van der Waals surface area contributed by atoms with Crippen LogP contribution in [0, 0.1) is 5.82 Å². The molecule has 0 aromatic heterocycles. The second-order valence-electron chi connectivity index (χ2n) is 8.08. The molecule has 1 saturated heterocycles. The van der Waals surface area contributed by atoms with Crippen molar-refractivity contribution in [3.63, 3.8) is 0 Å². The second-order valence-corrected chi connectivity index (χ2v) is 8.90. The lowest BCUT2D eigenvalue weighted by Crippen LogP contribution is -2.29. The summed E-state index contributed by atoms with van der Waals surface area (Å²) in [4.78, 5) is 27.9. The molecule has 0 spiro atoms. The topological polar surface area (TPSA) is 94.5 Å². The van der Waals surface area contributed by atoms with Gasteiger partial charge in [-0.25, -0.2) is 4.39 Å². The zero-order valence-electron chi connectivity index (χ0n) is 20.7. The van der Waals surface area contributed by atoms with Crippen molar-refractivity contribution in [2.24, 2.45) is 0 Å². The highest BCUT2D eigenvalue weighted by Crippen LogP contribution is 2.47. The number of hydrogen-bond acceptors (Lipinski definition) is 7. The van der Waals surface area contributed by atoms with Crippen LogP contribution in [0.15, 0.2) is 54.1 Å². The Labute approximate surface area is 227 Å². The highest BCUT2D eigenvalue weighted by molar-refractivity contribution is 6.51. The van der Waals surface area contributed by atoms with Gasteiger partial charge in [-0.3, -0.25) is 14.5 Å². The standard InChI is InChI=1S/C27H22Cl2FNO7/c1-35-19-10-13(11-20(36-2)26(19)38-4)22-21(23(32)14-8-17(28)25(37-3)18(29)9-14)24(33)27(34)31(22)16-7-5-6-15(30)12-16/h5-12,22,32H,1-4H3/b23-21+. The Hall–Kier alpha value is -3.95. The summed E-state index contributed by atoms with van der Waals surface area (Å²) in [5.74, 6) is -2.24. The molecule has 0 bridgehead atoms. The average Bonchev–Trinajstić information content (AvgIpc) is 3.17. The van der Waals surface area contributed by atoms with E-state index in [4.69, 9.17) is 42.1 Å². The molecule has 8 nitrogen and oxygen atoms in total. The number of halogens is 3. The van der Waals surface area contributed by atoms with Crippen molar-refractivity contribution in [3.05, 3.63) is 81.1 Å². The number of anilines is 1. The van der Waals surface area contributed by atoms with E-state index >= 15 is 0 Å². The lowest BCUT2D eigenvalue weighted by Gasteiger charge is -2.26. The number of rotatable bonds is 7. The smallest absolute Gasteiger partial charge is 0.300 e. The zero-order chi connectivity index (χ0) is 27.7. The lowest BCUT2D eigenvalue weighted by molar-refractivity contribution is -0.132. The first-order valence-electron chi connectivity index (χ1n) is 11.1. The van der Waals surface area contributed by atoms with Gasteiger partial charge in [-0.1, -0.05) is 29.3 Å². The van der Waals surface area contributed by atoms with Crippen LogP contribution in [0.2, 0.25) is 10.0 Å². The molecule has 1 aliphatic rings. The predicted octanol–water partition coefficient (Wildman–Crippen LogP) is 5.79. The van der Waals surface area contributed by atoms with Crippen molar-refractivity contribution in [1.29, 1.82) is 0 Å². The van der Waals surface area contributed by atoms with Crippen molar-refractivity contribution in [2.75, 3.05) is 33.3 Å². The SMILES string of the molecule is COc1cc(C2/C(=C(\O)c3cc(Cl)c(OC)c(Cl)c3)C(=O)C(=O)N2c2cccc(F)c2)cc(OC)c1OC. The van der Waals surface area contributed by atoms with E-state index in [9.17, 15) is 19.1 Å². The van der Waals surface area contributed by atoms with Gasteiger partial charge in [0.15, 0.2) is 17.2 Å². The third kappa shape index (κ3) is 4.59. The highest BCUT2D eigenvalue weighted by Gasteiger charge is 2.47. The van der Waals surface area contributed by atoms with Crippen molar-refractivity contribution in [3.8, 4) is 23.0 Å². The van der Waals surface area contributed by atoms with Gasteiger partial charge in [-0.05, 0) is 48.0 Å². The molecule has 0 radical (unpaired) electrons. The fourth-order valence-electron chi connectivity index (χ4n) is 4.35. The van der Waals surface area contributed by atoms with Gasteiger partial charge in [0.25, 0.3) is 11.7 Å². The fraction of sp³-hybridized carbons (Fsp3) is 0.185. The van der Waals surface area contributed by atoms with E-state index in [1.807, 2.05) is 0 Å². The van der Waals surface area contributed by atoms with E-state index in [-0.39, 0.29) is 49.9 Å². The molecule has 38 heavy (non-hydrogen) atoms. The molecule has 1 heterocycles. The van der Waals surface area contributed by atoms with Gasteiger partial charge in [0.2, 0.25) is 5.75 Å². The zero-order valence-corrected chi connectivity index (χ0v) is 22.2. The summed E-state index contributed by atoms with van der Waals surface area (Å²) in [6, 6.07) is 9.74. The second kappa shape index (κ2) is 10.8. The first-order chi connectivity index (χ1) is 18.2. The minimum atomic E-state index is -1.22. The van der Waals surface area contributed by atoms with Crippen LogP contribution in [-0.4, -0.2) is 45.2 Å². The van der Waals surface area contributed by atoms with Crippen molar-refractivity contribution < 1.29 is 38.0 Å². The summed E-state index contributed by atoms with van der Waals surface area (Å²) in [6.07, 6.45) is 0. The summed E-state index contributed by atoms with van der Waals surface area (Å²) < 4.78 is 35.7. The molecular weight excluding hydrogens is 540 g/mol. The number of nitrogens with zero attached hydrogens (tertiary/aromatic N) is 1. The van der Waals surface area contributed by atoms with Crippen LogP contribution in [0.3, 0.4) is 0 Å². The number of methoxy groups -OCH3 is 4. The highest BCUT2D eigenvalue weighted by atomic mass is 35.5. The molecule has 3 aromatic rings. The maximum Gasteiger partial charge on any atom is 0.300 e. The Morgan fingerprint density at radius 1 is 0.868 bits per heavy atom. The normalized spacial score (nSPS) is 16.5. The predicted molar refractivity (Wildman–Crippen MR) is 140 cm³/mol. The molecule has 1 unspecified atom stereocenters. The Bertz CT molecular complexity index is 1430. The third-order valence-corrected chi connectivity index (χ3v) is 6.57. The quantitative estimate of drug-likeness (QED) is 0.221. The third-order valence-electron chi connectivity index (χ3n) is 6.01. The number of aliphatic hydroxyl groups excluding tert-OH is 1. The number of Topliss-reactive ketones (excluding diaryl/α,β-unsaturated/α-hetero) is 1. The van der Waals surface area contributed by atoms with Gasteiger partial charge in [0.05, 0.1) is 50.1 Å². The Morgan fingerprint density at radius 2 is 1.45 bits per heavy atom. The van der Waals surface area contributed by atoms with Crippen molar-refractivity contribution in [1.82, 2.24) is 0 Å². The van der Waals surface area contributed by atoms with E-state index in [2.05, 4.69) is 0 Å². The minimum Gasteiger partial charge on any atom is -0.507 e. The molecule has 1 N–H and O–H groups in total. The molecule has 1 atom stereocenters. The van der Waals surface area contributed by atoms with Crippen LogP contribution in [0.25, 0.3) is 5.76 Å². The summed E-state index contributed by atoms with van der Waals surface area (Å²) in [5.41, 5.74) is 0.187. The van der Waals surface area contributed by atoms with E-state index in [1.165, 1.54) is 70.9 Å². The molecule has 0 saturated carbocycles. The fourth-order valence-corrected chi connectivity index (χ4v) is 4.99. The molecule has 1 fully saturated rings. The van der Waals surface area contributed by atoms with Crippen LogP contribution in [0.1, 0.15) is 17.2 Å². The first-order valence-corrected chi connectivity index (χ1v) is 11.8.